The molecule has 0 unspecified atom stereocenters. The Kier molecular flexibility index (Phi) is 7.10. The molecule has 2 aromatic rings. The number of nitrogens with two attached hydrogens (primary N) is 1. The Morgan fingerprint density at radius 1 is 1.19 bits per heavy atom. The summed E-state index contributed by atoms with van der Waals surface area (Å²) in [6.07, 6.45) is -5.17. The molecule has 4 nitrogen and oxygen atoms in total. The maximum atomic E-state index is 14.2. The van der Waals surface area contributed by atoms with E-state index in [1.807, 2.05) is 0 Å². The molecule has 1 saturated carbocycles. The standard InChI is InChI=1S/C21H21F5N2O2S/c1-30-19-15(7-8-17(22)18(19)23)14-6-5-11(21(24,25)26)9-16(14)20(29)28-12-3-2-4-13(10-12)31-27/h2-4,7-8,10-11,14,16H,5-6,9,27H2,1H3,(H,28,29)/t11-,14-,16+/m0/s1. The summed E-state index contributed by atoms with van der Waals surface area (Å²) in [7, 11) is 1.15. The van der Waals surface area contributed by atoms with E-state index in [0.29, 0.717) is 10.6 Å². The molecule has 1 aliphatic rings. The molecular weight excluding hydrogens is 439 g/mol. The molecule has 0 aliphatic heterocycles. The van der Waals surface area contributed by atoms with Gasteiger partial charge >= 0.3 is 6.18 Å². The van der Waals surface area contributed by atoms with Crippen molar-refractivity contribution in [2.45, 2.75) is 36.3 Å². The second-order valence-corrected chi connectivity index (χ2v) is 8.09. The summed E-state index contributed by atoms with van der Waals surface area (Å²) in [6, 6.07) is 8.71. The van der Waals surface area contributed by atoms with Crippen molar-refractivity contribution in [1.29, 1.82) is 0 Å². The van der Waals surface area contributed by atoms with E-state index in [2.05, 4.69) is 5.32 Å². The van der Waals surface area contributed by atoms with Gasteiger partial charge in [0.1, 0.15) is 0 Å². The Bertz CT molecular complexity index is 954. The maximum absolute atomic E-state index is 14.2. The Morgan fingerprint density at radius 3 is 2.58 bits per heavy atom. The van der Waals surface area contributed by atoms with E-state index in [4.69, 9.17) is 9.88 Å². The van der Waals surface area contributed by atoms with E-state index in [9.17, 15) is 26.7 Å². The highest BCUT2D eigenvalue weighted by molar-refractivity contribution is 7.97. The van der Waals surface area contributed by atoms with Gasteiger partial charge in [-0.15, -0.1) is 0 Å². The molecule has 1 aliphatic carbocycles. The topological polar surface area (TPSA) is 64.3 Å². The predicted molar refractivity (Wildman–Crippen MR) is 108 cm³/mol. The number of hydrogen-bond donors (Lipinski definition) is 2. The molecule has 0 aromatic heterocycles. The first-order chi connectivity index (χ1) is 14.7. The number of benzene rings is 2. The third-order valence-corrected chi connectivity index (χ3v) is 6.10. The quantitative estimate of drug-likeness (QED) is 0.448. The maximum Gasteiger partial charge on any atom is 0.391 e. The number of methoxy groups -OCH3 is 1. The van der Waals surface area contributed by atoms with Crippen molar-refractivity contribution in [2.24, 2.45) is 17.0 Å². The van der Waals surface area contributed by atoms with Crippen LogP contribution in [0.4, 0.5) is 27.6 Å². The van der Waals surface area contributed by atoms with Crippen LogP contribution in [0.25, 0.3) is 0 Å². The average molecular weight is 460 g/mol. The first-order valence-corrected chi connectivity index (χ1v) is 10.4. The van der Waals surface area contributed by atoms with E-state index < -0.39 is 53.6 Å². The van der Waals surface area contributed by atoms with Gasteiger partial charge in [0.15, 0.2) is 11.6 Å². The average Bonchev–Trinajstić information content (AvgIpc) is 2.74. The Hall–Kier alpha value is -2.33. The lowest BCUT2D eigenvalue weighted by Gasteiger charge is -2.37. The fourth-order valence-electron chi connectivity index (χ4n) is 4.06. The zero-order valence-electron chi connectivity index (χ0n) is 16.5. The molecule has 31 heavy (non-hydrogen) atoms. The van der Waals surface area contributed by atoms with Gasteiger partial charge in [0.25, 0.3) is 0 Å². The number of ether oxygens (including phenoxy) is 1. The molecule has 0 saturated heterocycles. The summed E-state index contributed by atoms with van der Waals surface area (Å²) in [5.41, 5.74) is 0.555. The first-order valence-electron chi connectivity index (χ1n) is 9.52. The molecule has 0 heterocycles. The molecule has 3 N–H and O–H groups in total. The van der Waals surface area contributed by atoms with Crippen molar-refractivity contribution >= 4 is 23.5 Å². The van der Waals surface area contributed by atoms with Crippen LogP contribution in [0.1, 0.15) is 30.7 Å². The van der Waals surface area contributed by atoms with Crippen LogP contribution < -0.4 is 15.2 Å². The number of hydrogen-bond acceptors (Lipinski definition) is 4. The van der Waals surface area contributed by atoms with Crippen molar-refractivity contribution in [3.63, 3.8) is 0 Å². The molecular formula is C21H21F5N2O2S. The van der Waals surface area contributed by atoms with E-state index in [-0.39, 0.29) is 18.4 Å². The molecule has 168 valence electrons. The number of amides is 1. The minimum atomic E-state index is -4.46. The van der Waals surface area contributed by atoms with Crippen LogP contribution in [-0.4, -0.2) is 19.2 Å². The van der Waals surface area contributed by atoms with Crippen LogP contribution in [0, 0.1) is 23.5 Å². The highest BCUT2D eigenvalue weighted by Crippen LogP contribution is 2.48. The van der Waals surface area contributed by atoms with Gasteiger partial charge in [0.05, 0.1) is 13.0 Å². The summed E-state index contributed by atoms with van der Waals surface area (Å²) >= 11 is 0.961. The van der Waals surface area contributed by atoms with E-state index in [0.717, 1.165) is 25.1 Å². The van der Waals surface area contributed by atoms with Crippen LogP contribution in [-0.2, 0) is 4.79 Å². The van der Waals surface area contributed by atoms with Crippen molar-refractivity contribution in [3.05, 3.63) is 53.6 Å². The monoisotopic (exact) mass is 460 g/mol. The molecule has 0 spiro atoms. The van der Waals surface area contributed by atoms with Gasteiger partial charge < -0.3 is 10.1 Å². The fourth-order valence-corrected chi connectivity index (χ4v) is 4.41. The van der Waals surface area contributed by atoms with Gasteiger partial charge in [-0.1, -0.05) is 12.1 Å². The predicted octanol–water partition coefficient (Wildman–Crippen LogP) is 5.64. The second-order valence-electron chi connectivity index (χ2n) is 7.38. The number of carbonyl (C=O) groups is 1. The zero-order valence-corrected chi connectivity index (χ0v) is 17.3. The SMILES string of the molecule is COc1c([C@@H]2CC[C@H](C(F)(F)F)C[C@H]2C(=O)Nc2cccc(SN)c2)ccc(F)c1F. The highest BCUT2D eigenvalue weighted by atomic mass is 32.2. The third kappa shape index (κ3) is 5.12. The molecule has 3 rings (SSSR count). The van der Waals surface area contributed by atoms with Gasteiger partial charge in [-0.2, -0.15) is 17.6 Å². The number of halogens is 5. The number of nitrogens with one attached hydrogen (secondary N) is 1. The van der Waals surface area contributed by atoms with Crippen LogP contribution in [0.3, 0.4) is 0 Å². The van der Waals surface area contributed by atoms with Gasteiger partial charge in [0.2, 0.25) is 11.7 Å². The largest absolute Gasteiger partial charge is 0.493 e. The Labute approximate surface area is 180 Å². The normalized spacial score (nSPS) is 21.6. The summed E-state index contributed by atoms with van der Waals surface area (Å²) < 4.78 is 73.1. The number of alkyl halides is 3. The van der Waals surface area contributed by atoms with Crippen LogP contribution >= 0.6 is 11.9 Å². The van der Waals surface area contributed by atoms with Crippen molar-refractivity contribution in [3.8, 4) is 5.75 Å². The molecule has 3 atom stereocenters. The highest BCUT2D eigenvalue weighted by Gasteiger charge is 2.47. The molecule has 1 amide bonds. The van der Waals surface area contributed by atoms with Gasteiger partial charge in [-0.05, 0) is 61.4 Å². The Balaban J connectivity index is 1.96. The number of rotatable bonds is 5. The minimum absolute atomic E-state index is 0.0254. The summed E-state index contributed by atoms with van der Waals surface area (Å²) in [6.45, 7) is 0. The molecule has 1 fully saturated rings. The van der Waals surface area contributed by atoms with Crippen molar-refractivity contribution < 1.29 is 31.5 Å². The van der Waals surface area contributed by atoms with Crippen LogP contribution in [0.2, 0.25) is 0 Å². The summed E-state index contributed by atoms with van der Waals surface area (Å²) in [4.78, 5) is 13.7. The van der Waals surface area contributed by atoms with Crippen LogP contribution in [0.5, 0.6) is 5.75 Å². The minimum Gasteiger partial charge on any atom is -0.493 e. The smallest absolute Gasteiger partial charge is 0.391 e. The van der Waals surface area contributed by atoms with Crippen molar-refractivity contribution in [2.75, 3.05) is 12.4 Å². The Morgan fingerprint density at radius 2 is 1.94 bits per heavy atom. The van der Waals surface area contributed by atoms with E-state index in [1.54, 1.807) is 24.3 Å². The number of carbonyl (C=O) groups excluding carboxylic acids is 1. The van der Waals surface area contributed by atoms with Gasteiger partial charge in [-0.25, -0.2) is 4.39 Å². The first kappa shape index (κ1) is 23.3. The summed E-state index contributed by atoms with van der Waals surface area (Å²) in [5.74, 6) is -6.95. The second kappa shape index (κ2) is 9.44. The van der Waals surface area contributed by atoms with E-state index >= 15 is 0 Å². The fraction of sp³-hybridized carbons (Fsp3) is 0.381. The van der Waals surface area contributed by atoms with Gasteiger partial charge in [0, 0.05) is 22.1 Å². The summed E-state index contributed by atoms with van der Waals surface area (Å²) in [5, 5.41) is 8.15. The number of anilines is 1. The van der Waals surface area contributed by atoms with E-state index in [1.165, 1.54) is 6.07 Å². The van der Waals surface area contributed by atoms with Crippen LogP contribution in [0.15, 0.2) is 41.3 Å². The van der Waals surface area contributed by atoms with Crippen molar-refractivity contribution in [1.82, 2.24) is 0 Å². The van der Waals surface area contributed by atoms with Gasteiger partial charge in [-0.3, -0.25) is 9.93 Å². The lowest BCUT2D eigenvalue weighted by atomic mass is 9.70. The third-order valence-electron chi connectivity index (χ3n) is 5.57. The zero-order chi connectivity index (χ0) is 22.8. The lowest BCUT2D eigenvalue weighted by molar-refractivity contribution is -0.187. The molecule has 2 aromatic carbocycles. The molecule has 0 bridgehead atoms. The molecule has 10 heteroatoms. The molecule has 0 radical (unpaired) electrons. The lowest BCUT2D eigenvalue weighted by Crippen LogP contribution is -2.38.